The van der Waals surface area contributed by atoms with Crippen LogP contribution in [0, 0.1) is 0 Å². The molecule has 0 N–H and O–H groups in total. The van der Waals surface area contributed by atoms with Gasteiger partial charge in [-0.1, -0.05) is 168 Å². The number of carbonyl (C=O) groups excluding carboxylic acids is 4. The van der Waals surface area contributed by atoms with E-state index in [2.05, 4.69) is 125 Å². The summed E-state index contributed by atoms with van der Waals surface area (Å²) in [6.07, 6.45) is 0. The molecule has 0 saturated heterocycles. The van der Waals surface area contributed by atoms with Crippen LogP contribution in [0.15, 0.2) is 48.5 Å². The number of benzene rings is 2. The molecule has 0 aliphatic carbocycles. The van der Waals surface area contributed by atoms with E-state index in [9.17, 15) is 19.2 Å². The van der Waals surface area contributed by atoms with Crippen LogP contribution in [-0.4, -0.2) is 95.2 Å². The third-order valence-electron chi connectivity index (χ3n) is 6.14. The molecule has 0 radical (unpaired) electrons. The summed E-state index contributed by atoms with van der Waals surface area (Å²) in [5, 5.41) is 9.18. The quantitative estimate of drug-likeness (QED) is 0.125. The van der Waals surface area contributed by atoms with E-state index in [1.807, 2.05) is 0 Å². The van der Waals surface area contributed by atoms with Gasteiger partial charge in [-0.05, 0) is 56.2 Å². The topological polar surface area (TPSA) is 85.6 Å². The van der Waals surface area contributed by atoms with E-state index in [1.165, 1.54) is 49.0 Å². The predicted octanol–water partition coefficient (Wildman–Crippen LogP) is 10.9. The fourth-order valence-corrected chi connectivity index (χ4v) is 30.4. The summed E-state index contributed by atoms with van der Waals surface area (Å²) < 4.78 is 1.31. The van der Waals surface area contributed by atoms with Crippen molar-refractivity contribution < 1.29 is 70.6 Å². The van der Waals surface area contributed by atoms with Gasteiger partial charge in [0.1, 0.15) is 0 Å². The number of nitrogens with zero attached hydrogens (tertiary/aromatic N) is 2. The number of rotatable bonds is 11. The molecule has 0 spiro atoms. The molecule has 4 amide bonds. The Kier molecular flexibility index (Phi) is 33.8. The SMILES string of the molecule is C[Si](C)(C)CS(=S)C[Si](C)(C)C.C[Si](C)(C)CSCl.C[Si](C)(C)CSCl.C[Si](C)(C)CSN1C(=O)c2ccccc2C1=O.ClCl.O=C1[N-]C(=O)c2ccccc21.[K+]. The maximum Gasteiger partial charge on any atom is 1.00 e. The second-order valence-corrected chi connectivity index (χ2v) is 55.1. The molecule has 2 aromatic carbocycles. The van der Waals surface area contributed by atoms with E-state index in [-0.39, 0.29) is 63.2 Å². The Morgan fingerprint density at radius 1 is 0.544 bits per heavy atom. The second kappa shape index (κ2) is 30.4. The monoisotopic (exact) mass is 1070 g/mol. The van der Waals surface area contributed by atoms with Crippen LogP contribution in [0.2, 0.25) is 98.2 Å². The van der Waals surface area contributed by atoms with Crippen LogP contribution in [0.3, 0.4) is 0 Å². The fourth-order valence-electron chi connectivity index (χ4n) is 3.96. The minimum Gasteiger partial charge on any atom is -0.587 e. The van der Waals surface area contributed by atoms with Crippen molar-refractivity contribution in [3.8, 4) is 0 Å². The summed E-state index contributed by atoms with van der Waals surface area (Å²) in [5.41, 5.74) is 1.89. The van der Waals surface area contributed by atoms with E-state index in [4.69, 9.17) is 32.6 Å². The zero-order valence-electron chi connectivity index (χ0n) is 36.7. The van der Waals surface area contributed by atoms with Crippen LogP contribution < -0.4 is 51.4 Å². The van der Waals surface area contributed by atoms with Crippen molar-refractivity contribution in [1.82, 2.24) is 4.31 Å². The van der Waals surface area contributed by atoms with Crippen molar-refractivity contribution in [2.24, 2.45) is 0 Å². The van der Waals surface area contributed by atoms with Crippen molar-refractivity contribution in [2.45, 2.75) is 98.2 Å². The van der Waals surface area contributed by atoms with Crippen LogP contribution in [0.4, 0.5) is 0 Å². The molecule has 0 unspecified atom stereocenters. The molecule has 57 heavy (non-hydrogen) atoms. The molecule has 0 atom stereocenters. The van der Waals surface area contributed by atoms with E-state index in [1.54, 1.807) is 48.5 Å². The molecule has 2 heterocycles. The molecule has 21 heteroatoms. The van der Waals surface area contributed by atoms with Crippen molar-refractivity contribution in [1.29, 1.82) is 0 Å². The largest absolute Gasteiger partial charge is 1.00 e. The fraction of sp³-hybridized carbons (Fsp3) is 0.556. The number of halogens is 4. The molecular formula is C36H63Cl4KN2O4S5Si5. The molecule has 320 valence electrons. The Morgan fingerprint density at radius 3 is 1.05 bits per heavy atom. The molecule has 4 rings (SSSR count). The van der Waals surface area contributed by atoms with Crippen LogP contribution in [0.5, 0.6) is 0 Å². The summed E-state index contributed by atoms with van der Waals surface area (Å²) >= 11 is 6.89. The van der Waals surface area contributed by atoms with Gasteiger partial charge in [-0.15, -0.1) is 9.45 Å². The van der Waals surface area contributed by atoms with E-state index in [0.29, 0.717) is 31.7 Å². The number of imide groups is 2. The van der Waals surface area contributed by atoms with Gasteiger partial charge < -0.3 is 14.9 Å². The predicted molar refractivity (Wildman–Crippen MR) is 277 cm³/mol. The van der Waals surface area contributed by atoms with Crippen molar-refractivity contribution in [2.75, 3.05) is 26.9 Å². The van der Waals surface area contributed by atoms with Gasteiger partial charge in [0.05, 0.1) is 63.3 Å². The Hall–Kier alpha value is 2.22. The third kappa shape index (κ3) is 31.7. The summed E-state index contributed by atoms with van der Waals surface area (Å²) in [4.78, 5) is 45.8. The molecule has 2 aliphatic rings. The summed E-state index contributed by atoms with van der Waals surface area (Å²) in [6.45, 7) is 35.0. The van der Waals surface area contributed by atoms with Gasteiger partial charge in [-0.25, -0.2) is 4.31 Å². The van der Waals surface area contributed by atoms with E-state index >= 15 is 0 Å². The van der Waals surface area contributed by atoms with Gasteiger partial charge in [0.15, 0.2) is 0 Å². The van der Waals surface area contributed by atoms with Gasteiger partial charge in [0.2, 0.25) is 0 Å². The number of carbonyl (C=O) groups is 4. The second-order valence-electron chi connectivity index (χ2n) is 19.0. The molecule has 0 saturated carbocycles. The Labute approximate surface area is 431 Å². The van der Waals surface area contributed by atoms with E-state index < -0.39 is 52.2 Å². The smallest absolute Gasteiger partial charge is 0.587 e. The average molecular weight is 1070 g/mol. The van der Waals surface area contributed by atoms with Crippen molar-refractivity contribution >= 4 is 162 Å². The van der Waals surface area contributed by atoms with Gasteiger partial charge in [0.25, 0.3) is 11.8 Å². The molecule has 6 nitrogen and oxygen atoms in total. The normalized spacial score (nSPS) is 13.4. The molecule has 0 bridgehead atoms. The first-order chi connectivity index (χ1) is 25.4. The maximum atomic E-state index is 12.0. The average Bonchev–Trinajstić information content (AvgIpc) is 3.45. The number of hydrogen-bond donors (Lipinski definition) is 0. The summed E-state index contributed by atoms with van der Waals surface area (Å²) in [6, 6.07) is 13.6. The van der Waals surface area contributed by atoms with Gasteiger partial charge in [-0.2, -0.15) is 0 Å². The molecule has 2 aromatic rings. The summed E-state index contributed by atoms with van der Waals surface area (Å²) in [7, 11) is 17.6. The first-order valence-corrected chi connectivity index (χ1v) is 44.6. The Bertz CT molecular complexity index is 1490. The molecule has 0 aromatic heterocycles. The number of amides is 4. The van der Waals surface area contributed by atoms with Crippen molar-refractivity contribution in [3.05, 3.63) is 76.1 Å². The first-order valence-electron chi connectivity index (χ1n) is 17.9. The number of fused-ring (bicyclic) bond motifs is 2. The Balaban J connectivity index is -0.000000655. The molecular weight excluding hydrogens is 1010 g/mol. The van der Waals surface area contributed by atoms with Crippen molar-refractivity contribution in [3.63, 3.8) is 0 Å². The van der Waals surface area contributed by atoms with Crippen LogP contribution >= 0.6 is 77.0 Å². The van der Waals surface area contributed by atoms with E-state index in [0.717, 1.165) is 16.1 Å². The van der Waals surface area contributed by atoms with Gasteiger partial charge >= 0.3 is 51.4 Å². The zero-order valence-corrected chi connectivity index (χ0v) is 52.0. The standard InChI is InChI=1S/C12H15NO2SSi.C8H5NO2.C8H22S2Si2.2C4H11ClSSi.Cl2.K/c1-17(2,3)8-16-13-11(14)9-6-4-5-7-10(9)12(13)15;10-7-5-3-1-2-4-6(5)8(11)9-7;1-11(2,3)7-10(9)8-12(4,5)6;2*1-7(2,3)4-6-5;1-2;/h4-7H,8H2,1-3H3;1-4H,(H,9,10,11);7-8H2,1-6H3;2*4H2,1-3H3;;/q;;;;;;+1/p-1. The van der Waals surface area contributed by atoms with Gasteiger partial charge in [0, 0.05) is 49.0 Å². The zero-order chi connectivity index (χ0) is 44.3. The first kappa shape index (κ1) is 63.5. The Morgan fingerprint density at radius 2 is 0.825 bits per heavy atom. The maximum absolute atomic E-state index is 12.0. The molecule has 2 aliphatic heterocycles. The minimum absolute atomic E-state index is 0. The van der Waals surface area contributed by atoms with Crippen LogP contribution in [-0.2, 0) is 20.6 Å². The minimum atomic E-state index is -1.27. The van der Waals surface area contributed by atoms with Gasteiger partial charge in [-0.3, -0.25) is 9.59 Å². The number of hydrogen-bond acceptors (Lipinski definition) is 8. The summed E-state index contributed by atoms with van der Waals surface area (Å²) in [5.74, 6) is -1.20. The molecule has 0 fully saturated rings. The van der Waals surface area contributed by atoms with Crippen LogP contribution in [0.25, 0.3) is 5.32 Å². The third-order valence-corrected chi connectivity index (χ3v) is 32.1. The van der Waals surface area contributed by atoms with Crippen LogP contribution in [0.1, 0.15) is 41.4 Å².